The van der Waals surface area contributed by atoms with Crippen molar-refractivity contribution in [1.82, 2.24) is 19.7 Å². The molecule has 0 spiro atoms. The summed E-state index contributed by atoms with van der Waals surface area (Å²) in [5.74, 6) is 0.0904. The summed E-state index contributed by atoms with van der Waals surface area (Å²) in [5, 5.41) is 17.8. The number of aromatic nitrogens is 4. The summed E-state index contributed by atoms with van der Waals surface area (Å²) in [6.07, 6.45) is 6.50. The highest BCUT2D eigenvalue weighted by molar-refractivity contribution is 6.32. The predicted octanol–water partition coefficient (Wildman–Crippen LogP) is 3.84. The van der Waals surface area contributed by atoms with E-state index in [9.17, 15) is 9.50 Å². The van der Waals surface area contributed by atoms with Crippen LogP contribution in [0.5, 0.6) is 0 Å². The number of halogens is 2. The number of rotatable bonds is 4. The topological polar surface area (TPSA) is 75.9 Å². The Morgan fingerprint density at radius 1 is 1.23 bits per heavy atom. The minimum absolute atomic E-state index is 0.0800. The third-order valence-corrected chi connectivity index (χ3v) is 4.17. The number of anilines is 2. The number of hydrogen-bond donors (Lipinski definition) is 2. The molecule has 4 aromatic rings. The molecule has 0 aliphatic rings. The third-order valence-electron chi connectivity index (χ3n) is 3.87. The molecule has 3 heterocycles. The van der Waals surface area contributed by atoms with Crippen LogP contribution in [0.25, 0.3) is 16.6 Å². The van der Waals surface area contributed by atoms with Gasteiger partial charge in [0.05, 0.1) is 29.7 Å². The highest BCUT2D eigenvalue weighted by Crippen LogP contribution is 2.28. The summed E-state index contributed by atoms with van der Waals surface area (Å²) >= 11 is 6.13. The average molecular weight is 370 g/mol. The minimum atomic E-state index is -0.468. The first-order valence-electron chi connectivity index (χ1n) is 7.76. The van der Waals surface area contributed by atoms with Crippen LogP contribution in [0, 0.1) is 5.82 Å². The van der Waals surface area contributed by atoms with Gasteiger partial charge in [0.2, 0.25) is 0 Å². The molecular formula is C18H13ClFN5O. The monoisotopic (exact) mass is 369 g/mol. The lowest BCUT2D eigenvalue weighted by atomic mass is 10.2. The van der Waals surface area contributed by atoms with Crippen molar-refractivity contribution in [2.45, 2.75) is 6.61 Å². The van der Waals surface area contributed by atoms with E-state index in [-0.39, 0.29) is 17.3 Å². The van der Waals surface area contributed by atoms with Gasteiger partial charge in [-0.3, -0.25) is 4.98 Å². The van der Waals surface area contributed by atoms with Crippen LogP contribution in [0.15, 0.2) is 55.1 Å². The molecule has 3 aromatic heterocycles. The molecule has 0 radical (unpaired) electrons. The molecule has 4 rings (SSSR count). The molecule has 0 unspecified atom stereocenters. The van der Waals surface area contributed by atoms with Gasteiger partial charge < -0.3 is 10.4 Å². The van der Waals surface area contributed by atoms with E-state index in [0.29, 0.717) is 17.0 Å². The number of nitrogens with one attached hydrogen (secondary N) is 1. The number of fused-ring (bicyclic) bond motifs is 1. The van der Waals surface area contributed by atoms with Crippen molar-refractivity contribution in [3.8, 4) is 5.69 Å². The molecular weight excluding hydrogens is 357 g/mol. The summed E-state index contributed by atoms with van der Waals surface area (Å²) in [5.41, 5.74) is 2.14. The molecule has 0 bridgehead atoms. The van der Waals surface area contributed by atoms with E-state index in [2.05, 4.69) is 20.4 Å². The van der Waals surface area contributed by atoms with Crippen LogP contribution in [0.1, 0.15) is 5.56 Å². The van der Waals surface area contributed by atoms with Crippen molar-refractivity contribution in [2.24, 2.45) is 0 Å². The van der Waals surface area contributed by atoms with Crippen molar-refractivity contribution < 1.29 is 9.50 Å². The van der Waals surface area contributed by atoms with Crippen LogP contribution in [-0.2, 0) is 6.61 Å². The zero-order valence-electron chi connectivity index (χ0n) is 13.4. The Bertz CT molecular complexity index is 1080. The van der Waals surface area contributed by atoms with Crippen LogP contribution in [0.2, 0.25) is 5.02 Å². The van der Waals surface area contributed by atoms with Gasteiger partial charge in [-0.05, 0) is 29.8 Å². The van der Waals surface area contributed by atoms with Gasteiger partial charge in [-0.25, -0.2) is 14.1 Å². The largest absolute Gasteiger partial charge is 0.392 e. The summed E-state index contributed by atoms with van der Waals surface area (Å²) in [4.78, 5) is 8.39. The zero-order valence-corrected chi connectivity index (χ0v) is 14.2. The van der Waals surface area contributed by atoms with Crippen LogP contribution in [0.4, 0.5) is 15.9 Å². The standard InChI is InChI=1S/C18H13ClFN5O/c19-13-2-1-3-14(20)18(13)25-9-12-15(7-21-8-16(12)24-25)23-17-6-11(10-26)4-5-22-17/h1-9,26H,10H2,(H,22,23). The zero-order chi connectivity index (χ0) is 18.1. The predicted molar refractivity (Wildman–Crippen MR) is 97.3 cm³/mol. The second kappa shape index (κ2) is 6.70. The minimum Gasteiger partial charge on any atom is -0.392 e. The van der Waals surface area contributed by atoms with Gasteiger partial charge in [-0.15, -0.1) is 0 Å². The first kappa shape index (κ1) is 16.4. The SMILES string of the molecule is OCc1ccnc(Nc2cncc3nn(-c4c(F)cccc4Cl)cc23)c1. The van der Waals surface area contributed by atoms with Gasteiger partial charge in [-0.2, -0.15) is 5.10 Å². The molecule has 6 nitrogen and oxygen atoms in total. The lowest BCUT2D eigenvalue weighted by molar-refractivity contribution is 0.282. The van der Waals surface area contributed by atoms with E-state index >= 15 is 0 Å². The maximum Gasteiger partial charge on any atom is 0.150 e. The molecule has 0 saturated heterocycles. The van der Waals surface area contributed by atoms with E-state index in [1.807, 2.05) is 0 Å². The van der Waals surface area contributed by atoms with Crippen LogP contribution in [-0.4, -0.2) is 24.9 Å². The molecule has 0 aliphatic carbocycles. The molecule has 0 fully saturated rings. The molecule has 0 amide bonds. The first-order valence-corrected chi connectivity index (χ1v) is 8.14. The summed E-state index contributed by atoms with van der Waals surface area (Å²) in [6, 6.07) is 7.93. The summed E-state index contributed by atoms with van der Waals surface area (Å²) in [6.45, 7) is -0.0800. The van der Waals surface area contributed by atoms with Crippen molar-refractivity contribution in [3.63, 3.8) is 0 Å². The fraction of sp³-hybridized carbons (Fsp3) is 0.0556. The maximum atomic E-state index is 14.2. The van der Waals surface area contributed by atoms with Crippen LogP contribution >= 0.6 is 11.6 Å². The van der Waals surface area contributed by atoms with E-state index in [1.165, 1.54) is 10.7 Å². The maximum absolute atomic E-state index is 14.2. The molecule has 26 heavy (non-hydrogen) atoms. The van der Waals surface area contributed by atoms with Gasteiger partial charge >= 0.3 is 0 Å². The van der Waals surface area contributed by atoms with Crippen molar-refractivity contribution in [2.75, 3.05) is 5.32 Å². The Morgan fingerprint density at radius 2 is 2.12 bits per heavy atom. The lowest BCUT2D eigenvalue weighted by Crippen LogP contribution is -1.98. The Morgan fingerprint density at radius 3 is 2.92 bits per heavy atom. The second-order valence-corrected chi connectivity index (χ2v) is 6.00. The van der Waals surface area contributed by atoms with E-state index in [4.69, 9.17) is 11.6 Å². The van der Waals surface area contributed by atoms with Crippen LogP contribution < -0.4 is 5.32 Å². The highest BCUT2D eigenvalue weighted by Gasteiger charge is 2.14. The Balaban J connectivity index is 1.79. The number of nitrogens with zero attached hydrogens (tertiary/aromatic N) is 4. The fourth-order valence-electron chi connectivity index (χ4n) is 2.64. The summed E-state index contributed by atoms with van der Waals surface area (Å²) < 4.78 is 15.6. The molecule has 130 valence electrons. The number of aliphatic hydroxyl groups is 1. The number of aliphatic hydroxyl groups excluding tert-OH is 1. The second-order valence-electron chi connectivity index (χ2n) is 5.60. The van der Waals surface area contributed by atoms with Crippen LogP contribution in [0.3, 0.4) is 0 Å². The third kappa shape index (κ3) is 2.98. The molecule has 0 aliphatic heterocycles. The fourth-order valence-corrected chi connectivity index (χ4v) is 2.89. The van der Waals surface area contributed by atoms with E-state index in [0.717, 1.165) is 10.9 Å². The van der Waals surface area contributed by atoms with Crippen molar-refractivity contribution in [1.29, 1.82) is 0 Å². The van der Waals surface area contributed by atoms with Gasteiger partial charge in [0.1, 0.15) is 22.8 Å². The van der Waals surface area contributed by atoms with Gasteiger partial charge in [0, 0.05) is 17.8 Å². The molecule has 1 aromatic carbocycles. The number of pyridine rings is 2. The van der Waals surface area contributed by atoms with Gasteiger partial charge in [0.15, 0.2) is 0 Å². The average Bonchev–Trinajstić information content (AvgIpc) is 3.06. The number of benzene rings is 1. The number of hydrogen-bond acceptors (Lipinski definition) is 5. The molecule has 0 atom stereocenters. The quantitative estimate of drug-likeness (QED) is 0.571. The summed E-state index contributed by atoms with van der Waals surface area (Å²) in [7, 11) is 0. The van der Waals surface area contributed by atoms with Gasteiger partial charge in [-0.1, -0.05) is 17.7 Å². The highest BCUT2D eigenvalue weighted by atomic mass is 35.5. The number of para-hydroxylation sites is 1. The van der Waals surface area contributed by atoms with Gasteiger partial charge in [0.25, 0.3) is 0 Å². The lowest BCUT2D eigenvalue weighted by Gasteiger charge is -2.07. The van der Waals surface area contributed by atoms with Crippen molar-refractivity contribution >= 4 is 34.0 Å². The normalized spacial score (nSPS) is 11.0. The molecule has 2 N–H and O–H groups in total. The molecule has 0 saturated carbocycles. The molecule has 8 heteroatoms. The van der Waals surface area contributed by atoms with Crippen molar-refractivity contribution in [3.05, 3.63) is 71.5 Å². The smallest absolute Gasteiger partial charge is 0.150 e. The Labute approximate surface area is 152 Å². The Kier molecular flexibility index (Phi) is 4.24. The Hall–Kier alpha value is -3.03. The first-order chi connectivity index (χ1) is 12.7. The van der Waals surface area contributed by atoms with E-state index in [1.54, 1.807) is 49.1 Å². The van der Waals surface area contributed by atoms with E-state index < -0.39 is 5.82 Å².